The second-order valence-electron chi connectivity index (χ2n) is 5.38. The van der Waals surface area contributed by atoms with Crippen molar-refractivity contribution in [2.24, 2.45) is 5.41 Å². The molecule has 21 heavy (non-hydrogen) atoms. The van der Waals surface area contributed by atoms with Gasteiger partial charge in [0.2, 0.25) is 0 Å². The van der Waals surface area contributed by atoms with Gasteiger partial charge in [-0.25, -0.2) is 4.98 Å². The summed E-state index contributed by atoms with van der Waals surface area (Å²) >= 11 is 2.94. The van der Waals surface area contributed by atoms with Crippen LogP contribution in [0.15, 0.2) is 23.0 Å². The Labute approximate surface area is 129 Å². The van der Waals surface area contributed by atoms with Gasteiger partial charge >= 0.3 is 5.97 Å². The van der Waals surface area contributed by atoms with Crippen molar-refractivity contribution in [2.45, 2.75) is 13.3 Å². The molecule has 0 aromatic carbocycles. The molecule has 1 aliphatic rings. The number of aliphatic carboxylic acids is 1. The van der Waals surface area contributed by atoms with E-state index in [0.29, 0.717) is 17.8 Å². The Morgan fingerprint density at radius 1 is 1.48 bits per heavy atom. The first kappa shape index (κ1) is 14.2. The number of nitrogens with zero attached hydrogens (tertiary/aromatic N) is 2. The summed E-state index contributed by atoms with van der Waals surface area (Å²) < 4.78 is 0. The number of carboxylic acid groups (broad SMARTS) is 1. The average molecular weight is 322 g/mol. The molecule has 1 amide bonds. The van der Waals surface area contributed by atoms with Crippen molar-refractivity contribution in [1.29, 1.82) is 0 Å². The number of thiophene rings is 1. The van der Waals surface area contributed by atoms with Gasteiger partial charge in [-0.2, -0.15) is 11.3 Å². The predicted molar refractivity (Wildman–Crippen MR) is 81.7 cm³/mol. The van der Waals surface area contributed by atoms with E-state index in [1.54, 1.807) is 29.4 Å². The number of carbonyl (C=O) groups excluding carboxylic acids is 1. The van der Waals surface area contributed by atoms with Crippen molar-refractivity contribution in [2.75, 3.05) is 13.1 Å². The Bertz CT molecular complexity index is 680. The Morgan fingerprint density at radius 3 is 2.90 bits per heavy atom. The first-order chi connectivity index (χ1) is 9.99. The van der Waals surface area contributed by atoms with Crippen LogP contribution in [0, 0.1) is 5.41 Å². The van der Waals surface area contributed by atoms with Gasteiger partial charge in [0.05, 0.1) is 11.6 Å². The van der Waals surface area contributed by atoms with Crippen LogP contribution >= 0.6 is 22.7 Å². The summed E-state index contributed by atoms with van der Waals surface area (Å²) in [5, 5.41) is 14.0. The average Bonchev–Trinajstić information content (AvgIpc) is 3.18. The van der Waals surface area contributed by atoms with E-state index in [1.165, 1.54) is 11.3 Å². The molecule has 0 aliphatic carbocycles. The largest absolute Gasteiger partial charge is 0.481 e. The summed E-state index contributed by atoms with van der Waals surface area (Å²) in [7, 11) is 0. The second kappa shape index (κ2) is 5.23. The molecule has 0 unspecified atom stereocenters. The van der Waals surface area contributed by atoms with E-state index in [-0.39, 0.29) is 12.5 Å². The number of rotatable bonds is 3. The Kier molecular flexibility index (Phi) is 3.54. The van der Waals surface area contributed by atoms with Gasteiger partial charge in [0.25, 0.3) is 5.91 Å². The monoisotopic (exact) mass is 322 g/mol. The topological polar surface area (TPSA) is 70.5 Å². The molecular weight excluding hydrogens is 308 g/mol. The van der Waals surface area contributed by atoms with Crippen molar-refractivity contribution in [3.8, 4) is 10.6 Å². The van der Waals surface area contributed by atoms with Crippen LogP contribution in [0.25, 0.3) is 10.6 Å². The van der Waals surface area contributed by atoms with Crippen molar-refractivity contribution in [1.82, 2.24) is 9.88 Å². The van der Waals surface area contributed by atoms with E-state index in [9.17, 15) is 14.7 Å². The quantitative estimate of drug-likeness (QED) is 0.943. The molecule has 7 heteroatoms. The third-order valence-electron chi connectivity index (χ3n) is 3.76. The zero-order chi connectivity index (χ0) is 15.0. The predicted octanol–water partition coefficient (Wildman–Crippen LogP) is 2.81. The van der Waals surface area contributed by atoms with Gasteiger partial charge < -0.3 is 10.0 Å². The fourth-order valence-electron chi connectivity index (χ4n) is 2.36. The molecule has 2 aromatic rings. The normalized spacial score (nSPS) is 21.7. The maximum Gasteiger partial charge on any atom is 0.311 e. The summed E-state index contributed by atoms with van der Waals surface area (Å²) in [4.78, 5) is 30.1. The van der Waals surface area contributed by atoms with Gasteiger partial charge in [-0.15, -0.1) is 11.3 Å². The van der Waals surface area contributed by atoms with Crippen LogP contribution in [-0.4, -0.2) is 40.0 Å². The molecule has 1 fully saturated rings. The smallest absolute Gasteiger partial charge is 0.311 e. The number of amides is 1. The maximum atomic E-state index is 12.4. The fourth-order valence-corrected chi connectivity index (χ4v) is 3.95. The van der Waals surface area contributed by atoms with E-state index in [1.807, 2.05) is 16.8 Å². The fraction of sp³-hybridized carbons (Fsp3) is 0.357. The molecule has 0 saturated carbocycles. The maximum absolute atomic E-state index is 12.4. The van der Waals surface area contributed by atoms with Crippen LogP contribution in [0.1, 0.15) is 23.0 Å². The molecule has 0 radical (unpaired) electrons. The van der Waals surface area contributed by atoms with Gasteiger partial charge in [-0.3, -0.25) is 9.59 Å². The van der Waals surface area contributed by atoms with Crippen molar-refractivity contribution in [3.05, 3.63) is 27.9 Å². The van der Waals surface area contributed by atoms with E-state index in [4.69, 9.17) is 0 Å². The summed E-state index contributed by atoms with van der Waals surface area (Å²) in [6.07, 6.45) is 2.07. The lowest BCUT2D eigenvalue weighted by Gasteiger charge is -2.19. The van der Waals surface area contributed by atoms with E-state index in [0.717, 1.165) is 10.6 Å². The number of hydrogen-bond donors (Lipinski definition) is 1. The lowest BCUT2D eigenvalue weighted by molar-refractivity contribution is -0.147. The molecule has 2 aromatic heterocycles. The Hall–Kier alpha value is -1.73. The number of hydrogen-bond acceptors (Lipinski definition) is 5. The lowest BCUT2D eigenvalue weighted by atomic mass is 9.90. The number of carboxylic acids is 1. The van der Waals surface area contributed by atoms with Crippen molar-refractivity contribution < 1.29 is 14.7 Å². The lowest BCUT2D eigenvalue weighted by Crippen LogP contribution is -2.34. The van der Waals surface area contributed by atoms with Crippen molar-refractivity contribution in [3.63, 3.8) is 0 Å². The third-order valence-corrected chi connectivity index (χ3v) is 5.48. The minimum atomic E-state index is -0.846. The first-order valence-electron chi connectivity index (χ1n) is 6.51. The number of carbonyl (C=O) groups is 2. The standard InChI is InChI=1S/C14H14N2O3S2/c1-14(13(18)19)3-4-16(8-14)12(17)10-6-15-11(21-10)9-2-5-20-7-9/h2,5-7H,3-4,8H2,1H3,(H,18,19)/t14-/m0/s1. The summed E-state index contributed by atoms with van der Waals surface area (Å²) in [5.74, 6) is -0.972. The molecule has 1 N–H and O–H groups in total. The van der Waals surface area contributed by atoms with Gasteiger partial charge in [0, 0.05) is 24.0 Å². The molecule has 110 valence electrons. The molecule has 1 aliphatic heterocycles. The van der Waals surface area contributed by atoms with Crippen LogP contribution in [0.4, 0.5) is 0 Å². The van der Waals surface area contributed by atoms with Gasteiger partial charge in [0.15, 0.2) is 0 Å². The summed E-state index contributed by atoms with van der Waals surface area (Å²) in [6.45, 7) is 2.42. The number of likely N-dealkylation sites (tertiary alicyclic amines) is 1. The van der Waals surface area contributed by atoms with Crippen LogP contribution in [0.2, 0.25) is 0 Å². The molecular formula is C14H14N2O3S2. The summed E-state index contributed by atoms with van der Waals surface area (Å²) in [5.41, 5.74) is 0.178. The highest BCUT2D eigenvalue weighted by atomic mass is 32.1. The number of aromatic nitrogens is 1. The number of thiazole rings is 1. The zero-order valence-corrected chi connectivity index (χ0v) is 13.0. The minimum absolute atomic E-state index is 0.126. The van der Waals surface area contributed by atoms with Crippen molar-refractivity contribution >= 4 is 34.6 Å². The molecule has 3 heterocycles. The van der Waals surface area contributed by atoms with Gasteiger partial charge in [-0.05, 0) is 24.8 Å². The molecule has 0 spiro atoms. The van der Waals surface area contributed by atoms with E-state index in [2.05, 4.69) is 4.98 Å². The molecule has 0 bridgehead atoms. The van der Waals surface area contributed by atoms with E-state index < -0.39 is 11.4 Å². The molecule has 5 nitrogen and oxygen atoms in total. The van der Waals surface area contributed by atoms with Crippen LogP contribution in [-0.2, 0) is 4.79 Å². The van der Waals surface area contributed by atoms with E-state index >= 15 is 0 Å². The third kappa shape index (κ3) is 2.58. The van der Waals surface area contributed by atoms with Crippen LogP contribution < -0.4 is 0 Å². The van der Waals surface area contributed by atoms with Gasteiger partial charge in [-0.1, -0.05) is 0 Å². The Balaban J connectivity index is 1.76. The highest BCUT2D eigenvalue weighted by Crippen LogP contribution is 2.33. The zero-order valence-electron chi connectivity index (χ0n) is 11.4. The molecule has 3 rings (SSSR count). The Morgan fingerprint density at radius 2 is 2.29 bits per heavy atom. The molecule has 1 saturated heterocycles. The SMILES string of the molecule is C[C@]1(C(=O)O)CCN(C(=O)c2cnc(-c3ccsc3)s2)C1. The highest BCUT2D eigenvalue weighted by Gasteiger charge is 2.42. The first-order valence-corrected chi connectivity index (χ1v) is 8.27. The summed E-state index contributed by atoms with van der Waals surface area (Å²) in [6, 6.07) is 1.97. The molecule has 1 atom stereocenters. The minimum Gasteiger partial charge on any atom is -0.481 e. The van der Waals surface area contributed by atoms with Crippen LogP contribution in [0.3, 0.4) is 0 Å². The second-order valence-corrected chi connectivity index (χ2v) is 7.19. The van der Waals surface area contributed by atoms with Crippen LogP contribution in [0.5, 0.6) is 0 Å². The van der Waals surface area contributed by atoms with Gasteiger partial charge in [0.1, 0.15) is 9.88 Å². The highest BCUT2D eigenvalue weighted by molar-refractivity contribution is 7.17.